The van der Waals surface area contributed by atoms with Gasteiger partial charge in [0.25, 0.3) is 0 Å². The highest BCUT2D eigenvalue weighted by Crippen LogP contribution is 2.28. The van der Waals surface area contributed by atoms with Crippen molar-refractivity contribution in [1.29, 1.82) is 0 Å². The monoisotopic (exact) mass is 317 g/mol. The van der Waals surface area contributed by atoms with Gasteiger partial charge in [-0.25, -0.2) is 4.98 Å². The Morgan fingerprint density at radius 2 is 1.95 bits per heavy atom. The fraction of sp³-hybridized carbons (Fsp3) is 0.500. The molecule has 0 amide bonds. The van der Waals surface area contributed by atoms with E-state index in [0.29, 0.717) is 6.04 Å². The summed E-state index contributed by atoms with van der Waals surface area (Å²) in [6.07, 6.45) is 9.69. The van der Waals surface area contributed by atoms with Crippen LogP contribution in [0.25, 0.3) is 0 Å². The third-order valence-electron chi connectivity index (χ3n) is 4.90. The van der Waals surface area contributed by atoms with Crippen molar-refractivity contribution in [2.75, 3.05) is 13.1 Å². The average molecular weight is 318 g/mol. The van der Waals surface area contributed by atoms with E-state index in [1.54, 1.807) is 0 Å². The van der Waals surface area contributed by atoms with E-state index in [2.05, 4.69) is 39.7 Å². The number of imidazole rings is 1. The molecule has 0 N–H and O–H groups in total. The molecule has 1 aromatic carbocycles. The molecule has 22 heavy (non-hydrogen) atoms. The summed E-state index contributed by atoms with van der Waals surface area (Å²) in [5.74, 6) is 0.844. The molecule has 1 fully saturated rings. The maximum atomic E-state index is 5.98. The van der Waals surface area contributed by atoms with E-state index in [1.165, 1.54) is 37.9 Å². The van der Waals surface area contributed by atoms with Crippen LogP contribution in [0.3, 0.4) is 0 Å². The van der Waals surface area contributed by atoms with E-state index >= 15 is 0 Å². The summed E-state index contributed by atoms with van der Waals surface area (Å²) in [6, 6.07) is 8.76. The topological polar surface area (TPSA) is 21.1 Å². The number of benzene rings is 1. The predicted molar refractivity (Wildman–Crippen MR) is 91.0 cm³/mol. The zero-order chi connectivity index (χ0) is 15.4. The maximum absolute atomic E-state index is 5.98. The Balaban J connectivity index is 1.47. The van der Waals surface area contributed by atoms with Gasteiger partial charge in [-0.1, -0.05) is 23.7 Å². The Hall–Kier alpha value is -1.32. The number of halogens is 1. The van der Waals surface area contributed by atoms with Gasteiger partial charge >= 0.3 is 0 Å². The van der Waals surface area contributed by atoms with Crippen LogP contribution in [0.5, 0.6) is 0 Å². The molecule has 0 aliphatic carbocycles. The molecule has 1 aliphatic heterocycles. The molecule has 0 spiro atoms. The number of aryl methyl sites for hydroxylation is 1. The summed E-state index contributed by atoms with van der Waals surface area (Å²) in [7, 11) is 0. The lowest BCUT2D eigenvalue weighted by molar-refractivity contribution is 0.135. The molecule has 0 saturated carbocycles. The normalized spacial score (nSPS) is 18.5. The fourth-order valence-electron chi connectivity index (χ4n) is 3.33. The van der Waals surface area contributed by atoms with Crippen molar-refractivity contribution in [3.63, 3.8) is 0 Å². The van der Waals surface area contributed by atoms with Crippen LogP contribution >= 0.6 is 11.6 Å². The quantitative estimate of drug-likeness (QED) is 0.815. The lowest BCUT2D eigenvalue weighted by Gasteiger charge is -2.36. The van der Waals surface area contributed by atoms with Gasteiger partial charge in [0.15, 0.2) is 0 Å². The third kappa shape index (κ3) is 3.90. The van der Waals surface area contributed by atoms with E-state index in [-0.39, 0.29) is 0 Å². The Labute approximate surface area is 137 Å². The molecule has 4 heteroatoms. The molecule has 3 rings (SSSR count). The molecule has 1 aliphatic rings. The number of rotatable bonds is 5. The van der Waals surface area contributed by atoms with Gasteiger partial charge in [0.1, 0.15) is 0 Å². The Morgan fingerprint density at radius 1 is 1.23 bits per heavy atom. The SMILES string of the molecule is CC(c1ccc(Cl)cc1)N1CCC(CCn2ccnc2)CC1. The zero-order valence-electron chi connectivity index (χ0n) is 13.2. The fourth-order valence-corrected chi connectivity index (χ4v) is 3.46. The number of likely N-dealkylation sites (tertiary alicyclic amines) is 1. The first kappa shape index (κ1) is 15.6. The lowest BCUT2D eigenvalue weighted by Crippen LogP contribution is -2.35. The van der Waals surface area contributed by atoms with Crippen molar-refractivity contribution >= 4 is 11.6 Å². The van der Waals surface area contributed by atoms with Crippen molar-refractivity contribution in [2.24, 2.45) is 5.92 Å². The van der Waals surface area contributed by atoms with Crippen LogP contribution in [0, 0.1) is 5.92 Å². The van der Waals surface area contributed by atoms with Gasteiger partial charge in [-0.2, -0.15) is 0 Å². The predicted octanol–water partition coefficient (Wildman–Crippen LogP) is 4.40. The Morgan fingerprint density at radius 3 is 2.59 bits per heavy atom. The first-order valence-corrected chi connectivity index (χ1v) is 8.55. The largest absolute Gasteiger partial charge is 0.337 e. The van der Waals surface area contributed by atoms with Gasteiger partial charge in [-0.3, -0.25) is 4.90 Å². The molecule has 118 valence electrons. The van der Waals surface area contributed by atoms with Crippen LogP contribution in [0.4, 0.5) is 0 Å². The van der Waals surface area contributed by atoms with Gasteiger partial charge in [-0.15, -0.1) is 0 Å². The third-order valence-corrected chi connectivity index (χ3v) is 5.16. The second-order valence-corrected chi connectivity index (χ2v) is 6.73. The molecule has 3 nitrogen and oxygen atoms in total. The van der Waals surface area contributed by atoms with Gasteiger partial charge < -0.3 is 4.57 Å². The average Bonchev–Trinajstić information content (AvgIpc) is 3.07. The highest BCUT2D eigenvalue weighted by molar-refractivity contribution is 6.30. The van der Waals surface area contributed by atoms with Crippen LogP contribution in [-0.4, -0.2) is 27.5 Å². The molecule has 1 atom stereocenters. The van der Waals surface area contributed by atoms with Crippen LogP contribution in [0.1, 0.15) is 37.8 Å². The van der Waals surface area contributed by atoms with E-state index in [1.807, 2.05) is 24.7 Å². The number of hydrogen-bond acceptors (Lipinski definition) is 2. The molecular weight excluding hydrogens is 294 g/mol. The highest BCUT2D eigenvalue weighted by atomic mass is 35.5. The van der Waals surface area contributed by atoms with Gasteiger partial charge in [0, 0.05) is 30.0 Å². The molecule has 2 aromatic rings. The number of nitrogens with zero attached hydrogens (tertiary/aromatic N) is 3. The summed E-state index contributed by atoms with van der Waals surface area (Å²) in [4.78, 5) is 6.70. The van der Waals surface area contributed by atoms with Crippen molar-refractivity contribution < 1.29 is 0 Å². The van der Waals surface area contributed by atoms with Crippen molar-refractivity contribution in [3.05, 3.63) is 53.6 Å². The van der Waals surface area contributed by atoms with Crippen molar-refractivity contribution in [2.45, 2.75) is 38.8 Å². The van der Waals surface area contributed by atoms with E-state index < -0.39 is 0 Å². The summed E-state index contributed by atoms with van der Waals surface area (Å²) >= 11 is 5.98. The molecule has 2 heterocycles. The number of hydrogen-bond donors (Lipinski definition) is 0. The van der Waals surface area contributed by atoms with E-state index in [0.717, 1.165) is 17.5 Å². The van der Waals surface area contributed by atoms with Gasteiger partial charge in [0.05, 0.1) is 6.33 Å². The molecule has 1 unspecified atom stereocenters. The summed E-state index contributed by atoms with van der Waals surface area (Å²) in [6.45, 7) is 5.78. The zero-order valence-corrected chi connectivity index (χ0v) is 13.9. The first-order chi connectivity index (χ1) is 10.7. The maximum Gasteiger partial charge on any atom is 0.0945 e. The van der Waals surface area contributed by atoms with Gasteiger partial charge in [0.2, 0.25) is 0 Å². The number of aromatic nitrogens is 2. The van der Waals surface area contributed by atoms with Gasteiger partial charge in [-0.05, 0) is 62.9 Å². The summed E-state index contributed by atoms with van der Waals surface area (Å²) < 4.78 is 2.18. The Bertz CT molecular complexity index is 557. The molecule has 1 saturated heterocycles. The van der Waals surface area contributed by atoms with Crippen LogP contribution in [0.15, 0.2) is 43.0 Å². The lowest BCUT2D eigenvalue weighted by atomic mass is 9.92. The second-order valence-electron chi connectivity index (χ2n) is 6.30. The summed E-state index contributed by atoms with van der Waals surface area (Å²) in [5.41, 5.74) is 1.36. The minimum atomic E-state index is 0.479. The standard InChI is InChI=1S/C18H24ClN3/c1-15(17-2-4-18(19)5-3-17)22-11-7-16(8-12-22)6-10-21-13-9-20-14-21/h2-5,9,13-16H,6-8,10-12H2,1H3. The Kier molecular flexibility index (Phi) is 5.16. The van der Waals surface area contributed by atoms with Crippen LogP contribution < -0.4 is 0 Å². The second kappa shape index (κ2) is 7.30. The molecular formula is C18H24ClN3. The van der Waals surface area contributed by atoms with Crippen molar-refractivity contribution in [3.8, 4) is 0 Å². The minimum Gasteiger partial charge on any atom is -0.337 e. The van der Waals surface area contributed by atoms with E-state index in [4.69, 9.17) is 11.6 Å². The highest BCUT2D eigenvalue weighted by Gasteiger charge is 2.23. The molecule has 0 radical (unpaired) electrons. The smallest absolute Gasteiger partial charge is 0.0945 e. The molecule has 1 aromatic heterocycles. The summed E-state index contributed by atoms with van der Waals surface area (Å²) in [5, 5.41) is 0.814. The van der Waals surface area contributed by atoms with Crippen LogP contribution in [-0.2, 0) is 6.54 Å². The van der Waals surface area contributed by atoms with Crippen molar-refractivity contribution in [1.82, 2.24) is 14.5 Å². The first-order valence-electron chi connectivity index (χ1n) is 8.17. The number of piperidine rings is 1. The molecule has 0 bridgehead atoms. The van der Waals surface area contributed by atoms with Crippen LogP contribution in [0.2, 0.25) is 5.02 Å². The van der Waals surface area contributed by atoms with E-state index in [9.17, 15) is 0 Å². The minimum absolute atomic E-state index is 0.479.